The minimum atomic E-state index is 0.400. The van der Waals surface area contributed by atoms with E-state index in [1.165, 1.54) is 23.5 Å². The van der Waals surface area contributed by atoms with E-state index in [9.17, 15) is 0 Å². The van der Waals surface area contributed by atoms with Crippen LogP contribution in [0.15, 0.2) is 5.38 Å². The van der Waals surface area contributed by atoms with E-state index < -0.39 is 0 Å². The molecule has 3 heteroatoms. The lowest BCUT2D eigenvalue weighted by molar-refractivity contribution is 0.559. The quantitative estimate of drug-likeness (QED) is 0.783. The molecular formula is C11H20N2S. The summed E-state index contributed by atoms with van der Waals surface area (Å²) in [5, 5.41) is 6.90. The van der Waals surface area contributed by atoms with Crippen LogP contribution < -0.4 is 5.32 Å². The average Bonchev–Trinajstić information content (AvgIpc) is 2.63. The van der Waals surface area contributed by atoms with Crippen LogP contribution in [0.5, 0.6) is 0 Å². The smallest absolute Gasteiger partial charge is 0.0928 e. The van der Waals surface area contributed by atoms with Gasteiger partial charge in [0.05, 0.1) is 10.7 Å². The van der Waals surface area contributed by atoms with Gasteiger partial charge in [0.25, 0.3) is 0 Å². The topological polar surface area (TPSA) is 24.9 Å². The van der Waals surface area contributed by atoms with E-state index in [0.29, 0.717) is 6.04 Å². The third-order valence-corrected chi connectivity index (χ3v) is 3.10. The highest BCUT2D eigenvalue weighted by Gasteiger charge is 2.08. The molecule has 0 aliphatic rings. The molecule has 1 heterocycles. The van der Waals surface area contributed by atoms with Gasteiger partial charge in [0, 0.05) is 11.4 Å². The lowest BCUT2D eigenvalue weighted by Crippen LogP contribution is -2.19. The van der Waals surface area contributed by atoms with Crippen LogP contribution in [-0.2, 0) is 6.42 Å². The van der Waals surface area contributed by atoms with Crippen molar-refractivity contribution in [3.05, 3.63) is 16.1 Å². The highest BCUT2D eigenvalue weighted by Crippen LogP contribution is 2.17. The van der Waals surface area contributed by atoms with Crippen LogP contribution in [0, 0.1) is 0 Å². The molecule has 80 valence electrons. The van der Waals surface area contributed by atoms with Crippen LogP contribution >= 0.6 is 11.3 Å². The summed E-state index contributed by atoms with van der Waals surface area (Å²) in [7, 11) is 0. The second kappa shape index (κ2) is 6.14. The summed E-state index contributed by atoms with van der Waals surface area (Å²) >= 11 is 1.78. The van der Waals surface area contributed by atoms with Crippen LogP contribution in [0.4, 0.5) is 0 Å². The van der Waals surface area contributed by atoms with Crippen molar-refractivity contribution in [2.75, 3.05) is 6.54 Å². The van der Waals surface area contributed by atoms with Crippen molar-refractivity contribution in [2.24, 2.45) is 0 Å². The third-order valence-electron chi connectivity index (χ3n) is 2.18. The van der Waals surface area contributed by atoms with Crippen molar-refractivity contribution in [3.63, 3.8) is 0 Å². The molecule has 0 radical (unpaired) electrons. The highest BCUT2D eigenvalue weighted by molar-refractivity contribution is 7.09. The molecular weight excluding hydrogens is 192 g/mol. The summed E-state index contributed by atoms with van der Waals surface area (Å²) in [5.74, 6) is 0. The fraction of sp³-hybridized carbons (Fsp3) is 0.727. The molecule has 0 spiro atoms. The van der Waals surface area contributed by atoms with Crippen LogP contribution in [0.25, 0.3) is 0 Å². The van der Waals surface area contributed by atoms with Crippen molar-refractivity contribution in [3.8, 4) is 0 Å². The van der Waals surface area contributed by atoms with Gasteiger partial charge in [-0.2, -0.15) is 0 Å². The fourth-order valence-electron chi connectivity index (χ4n) is 1.32. The first-order chi connectivity index (χ1) is 6.77. The van der Waals surface area contributed by atoms with Gasteiger partial charge in [0.15, 0.2) is 0 Å². The van der Waals surface area contributed by atoms with Crippen LogP contribution in [0.3, 0.4) is 0 Å². The molecule has 1 aromatic rings. The van der Waals surface area contributed by atoms with Gasteiger partial charge in [-0.1, -0.05) is 13.8 Å². The Bertz CT molecular complexity index is 258. The van der Waals surface area contributed by atoms with Crippen molar-refractivity contribution in [2.45, 2.75) is 46.1 Å². The lowest BCUT2D eigenvalue weighted by atomic mass is 10.2. The zero-order chi connectivity index (χ0) is 10.4. The Labute approximate surface area is 90.8 Å². The fourth-order valence-corrected chi connectivity index (χ4v) is 2.31. The van der Waals surface area contributed by atoms with Gasteiger partial charge in [0.1, 0.15) is 0 Å². The summed E-state index contributed by atoms with van der Waals surface area (Å²) in [6, 6.07) is 0.400. The number of hydrogen-bond acceptors (Lipinski definition) is 3. The molecule has 0 saturated carbocycles. The van der Waals surface area contributed by atoms with Gasteiger partial charge >= 0.3 is 0 Å². The van der Waals surface area contributed by atoms with Crippen LogP contribution in [0.1, 0.15) is 50.4 Å². The number of hydrogen-bond donors (Lipinski definition) is 1. The molecule has 1 unspecified atom stereocenters. The average molecular weight is 212 g/mol. The third kappa shape index (κ3) is 3.39. The molecule has 0 bridgehead atoms. The summed E-state index contributed by atoms with van der Waals surface area (Å²) in [5.41, 5.74) is 1.20. The number of nitrogens with zero attached hydrogens (tertiary/aromatic N) is 1. The number of aryl methyl sites for hydroxylation is 1. The number of rotatable bonds is 6. The predicted molar refractivity (Wildman–Crippen MR) is 62.8 cm³/mol. The largest absolute Gasteiger partial charge is 0.309 e. The Balaban J connectivity index is 2.48. The molecule has 1 aromatic heterocycles. The van der Waals surface area contributed by atoms with Gasteiger partial charge in [-0.3, -0.25) is 0 Å². The van der Waals surface area contributed by atoms with Crippen LogP contribution in [-0.4, -0.2) is 11.5 Å². The zero-order valence-corrected chi connectivity index (χ0v) is 10.2. The first kappa shape index (κ1) is 11.7. The minimum absolute atomic E-state index is 0.400. The molecule has 0 amide bonds. The minimum Gasteiger partial charge on any atom is -0.309 e. The lowest BCUT2D eigenvalue weighted by Gasteiger charge is -2.09. The zero-order valence-electron chi connectivity index (χ0n) is 9.34. The first-order valence-corrected chi connectivity index (χ1v) is 6.33. The summed E-state index contributed by atoms with van der Waals surface area (Å²) in [6.45, 7) is 7.63. The van der Waals surface area contributed by atoms with Crippen molar-refractivity contribution >= 4 is 11.3 Å². The van der Waals surface area contributed by atoms with E-state index >= 15 is 0 Å². The molecule has 14 heavy (non-hydrogen) atoms. The molecule has 0 aromatic carbocycles. The summed E-state index contributed by atoms with van der Waals surface area (Å²) in [4.78, 5) is 4.61. The maximum absolute atomic E-state index is 4.61. The number of aromatic nitrogens is 1. The highest BCUT2D eigenvalue weighted by atomic mass is 32.1. The molecule has 1 N–H and O–H groups in total. The van der Waals surface area contributed by atoms with Gasteiger partial charge < -0.3 is 5.32 Å². The molecule has 1 atom stereocenters. The standard InChI is InChI=1S/C11H20N2S/c1-4-6-11-13-10(8-14-11)9(3)12-7-5-2/h8-9,12H,4-7H2,1-3H3. The van der Waals surface area contributed by atoms with E-state index in [1.54, 1.807) is 11.3 Å². The van der Waals surface area contributed by atoms with Gasteiger partial charge in [0.2, 0.25) is 0 Å². The Morgan fingerprint density at radius 3 is 2.86 bits per heavy atom. The molecule has 0 aliphatic carbocycles. The summed E-state index contributed by atoms with van der Waals surface area (Å²) < 4.78 is 0. The molecule has 2 nitrogen and oxygen atoms in total. The second-order valence-corrected chi connectivity index (χ2v) is 4.53. The Morgan fingerprint density at radius 1 is 1.43 bits per heavy atom. The SMILES string of the molecule is CCCNC(C)c1csc(CCC)n1. The Morgan fingerprint density at radius 2 is 2.21 bits per heavy atom. The first-order valence-electron chi connectivity index (χ1n) is 5.45. The number of thiazole rings is 1. The van der Waals surface area contributed by atoms with Crippen molar-refractivity contribution in [1.82, 2.24) is 10.3 Å². The normalized spacial score (nSPS) is 13.1. The van der Waals surface area contributed by atoms with E-state index in [0.717, 1.165) is 13.0 Å². The van der Waals surface area contributed by atoms with E-state index in [4.69, 9.17) is 0 Å². The van der Waals surface area contributed by atoms with Crippen molar-refractivity contribution in [1.29, 1.82) is 0 Å². The Hall–Kier alpha value is -0.410. The van der Waals surface area contributed by atoms with E-state index in [2.05, 4.69) is 36.5 Å². The van der Waals surface area contributed by atoms with Gasteiger partial charge in [-0.25, -0.2) is 4.98 Å². The molecule has 0 fully saturated rings. The van der Waals surface area contributed by atoms with Gasteiger partial charge in [-0.05, 0) is 32.7 Å². The monoisotopic (exact) mass is 212 g/mol. The molecule has 0 aliphatic heterocycles. The van der Waals surface area contributed by atoms with E-state index in [-0.39, 0.29) is 0 Å². The predicted octanol–water partition coefficient (Wildman–Crippen LogP) is 3.16. The molecule has 1 rings (SSSR count). The second-order valence-electron chi connectivity index (χ2n) is 3.59. The molecule has 0 saturated heterocycles. The number of nitrogens with one attached hydrogen (secondary N) is 1. The maximum atomic E-state index is 4.61. The summed E-state index contributed by atoms with van der Waals surface area (Å²) in [6.07, 6.45) is 3.48. The maximum Gasteiger partial charge on any atom is 0.0928 e. The van der Waals surface area contributed by atoms with Gasteiger partial charge in [-0.15, -0.1) is 11.3 Å². The van der Waals surface area contributed by atoms with E-state index in [1.807, 2.05) is 0 Å². The Kier molecular flexibility index (Phi) is 5.12. The van der Waals surface area contributed by atoms with Crippen molar-refractivity contribution < 1.29 is 0 Å². The van der Waals surface area contributed by atoms with Crippen LogP contribution in [0.2, 0.25) is 0 Å².